The van der Waals surface area contributed by atoms with E-state index in [0.717, 1.165) is 22.2 Å². The minimum absolute atomic E-state index is 0.127. The first-order chi connectivity index (χ1) is 21.5. The number of hydrogen-bond acceptors (Lipinski definition) is 8. The predicted molar refractivity (Wildman–Crippen MR) is 166 cm³/mol. The average Bonchev–Trinajstić information content (AvgIpc) is 3.63. The number of ether oxygens (including phenoxy) is 1. The number of rotatable bonds is 10. The molecule has 1 fully saturated rings. The minimum Gasteiger partial charge on any atom is -0.397 e. The van der Waals surface area contributed by atoms with Crippen molar-refractivity contribution in [2.45, 2.75) is 51.0 Å². The van der Waals surface area contributed by atoms with E-state index in [1.807, 2.05) is 29.6 Å². The SMILES string of the molecule is CC1CC(F)(F)C(n2ccc(NC(=O)CCC(=O)NCc3ccc(C(=O)Nc4cc(-c5cccs5)ccc4N)cc3)nc2=O)O1. The largest absolute Gasteiger partial charge is 0.397 e. The van der Waals surface area contributed by atoms with Gasteiger partial charge in [-0.05, 0) is 59.8 Å². The van der Waals surface area contributed by atoms with Crippen LogP contribution in [0.1, 0.15) is 48.3 Å². The van der Waals surface area contributed by atoms with E-state index in [9.17, 15) is 28.0 Å². The molecule has 0 bridgehead atoms. The van der Waals surface area contributed by atoms with Crippen LogP contribution in [0.25, 0.3) is 10.4 Å². The number of anilines is 3. The number of nitrogens with two attached hydrogens (primary N) is 1. The Morgan fingerprint density at radius 1 is 1.07 bits per heavy atom. The van der Waals surface area contributed by atoms with Crippen LogP contribution in [0.5, 0.6) is 0 Å². The Morgan fingerprint density at radius 2 is 1.82 bits per heavy atom. The molecule has 2 unspecified atom stereocenters. The first-order valence-corrected chi connectivity index (χ1v) is 14.9. The molecule has 11 nitrogen and oxygen atoms in total. The van der Waals surface area contributed by atoms with Gasteiger partial charge in [0.25, 0.3) is 11.8 Å². The maximum absolute atomic E-state index is 14.1. The van der Waals surface area contributed by atoms with E-state index in [1.165, 1.54) is 13.0 Å². The zero-order chi connectivity index (χ0) is 32.1. The van der Waals surface area contributed by atoms with Crippen molar-refractivity contribution in [2.75, 3.05) is 16.4 Å². The normalized spacial score (nSPS) is 17.0. The lowest BCUT2D eigenvalue weighted by atomic mass is 10.1. The summed E-state index contributed by atoms with van der Waals surface area (Å²) in [5, 5.41) is 9.90. The summed E-state index contributed by atoms with van der Waals surface area (Å²) in [4.78, 5) is 54.4. The number of nitrogen functional groups attached to an aromatic ring is 1. The molecule has 3 heterocycles. The summed E-state index contributed by atoms with van der Waals surface area (Å²) in [5.74, 6) is -4.67. The summed E-state index contributed by atoms with van der Waals surface area (Å²) < 4.78 is 34.1. The van der Waals surface area contributed by atoms with Crippen LogP contribution in [0.2, 0.25) is 0 Å². The second-order valence-electron chi connectivity index (χ2n) is 10.5. The smallest absolute Gasteiger partial charge is 0.351 e. The highest BCUT2D eigenvalue weighted by Gasteiger charge is 2.50. The number of nitrogens with zero attached hydrogens (tertiary/aromatic N) is 2. The van der Waals surface area contributed by atoms with E-state index < -0.39 is 42.2 Å². The second-order valence-corrected chi connectivity index (χ2v) is 11.5. The van der Waals surface area contributed by atoms with E-state index in [-0.39, 0.29) is 31.1 Å². The zero-order valence-corrected chi connectivity index (χ0v) is 24.9. The first-order valence-electron chi connectivity index (χ1n) is 14.0. The summed E-state index contributed by atoms with van der Waals surface area (Å²) in [6.07, 6.45) is -2.27. The van der Waals surface area contributed by atoms with Crippen molar-refractivity contribution in [1.29, 1.82) is 0 Å². The molecule has 4 aromatic rings. The lowest BCUT2D eigenvalue weighted by Gasteiger charge is -2.19. The summed E-state index contributed by atoms with van der Waals surface area (Å²) in [7, 11) is 0. The first kappa shape index (κ1) is 31.5. The van der Waals surface area contributed by atoms with Crippen molar-refractivity contribution in [1.82, 2.24) is 14.9 Å². The fraction of sp³-hybridized carbons (Fsp3) is 0.258. The summed E-state index contributed by atoms with van der Waals surface area (Å²) in [5.41, 5.74) is 8.10. The topological polar surface area (TPSA) is 157 Å². The molecule has 5 N–H and O–H groups in total. The van der Waals surface area contributed by atoms with Gasteiger partial charge in [-0.2, -0.15) is 4.98 Å². The maximum Gasteiger partial charge on any atom is 0.351 e. The molecule has 5 rings (SSSR count). The van der Waals surface area contributed by atoms with Crippen molar-refractivity contribution in [2.24, 2.45) is 0 Å². The predicted octanol–water partition coefficient (Wildman–Crippen LogP) is 4.78. The molecule has 14 heteroatoms. The molecule has 2 aromatic heterocycles. The van der Waals surface area contributed by atoms with E-state index in [1.54, 1.807) is 41.7 Å². The van der Waals surface area contributed by atoms with Crippen molar-refractivity contribution < 1.29 is 27.9 Å². The standard InChI is InChI=1S/C31H30F2N6O5S/c1-18-16-31(32,33)29(44-18)39-13-12-25(38-30(39)43)37-27(41)11-10-26(40)35-17-19-4-6-20(7-5-19)28(42)36-23-15-21(8-9-22(23)34)24-3-2-14-45-24/h2-9,12-15,18,29H,10-11,16-17,34H2,1H3,(H,35,40)(H,36,42)(H,37,38,41,43). The number of carbonyl (C=O) groups is 3. The van der Waals surface area contributed by atoms with Crippen molar-refractivity contribution in [3.63, 3.8) is 0 Å². The molecular formula is C31H30F2N6O5S. The van der Waals surface area contributed by atoms with Crippen LogP contribution < -0.4 is 27.4 Å². The third kappa shape index (κ3) is 7.77. The van der Waals surface area contributed by atoms with Crippen LogP contribution >= 0.6 is 11.3 Å². The Bertz CT molecular complexity index is 1760. The van der Waals surface area contributed by atoms with Gasteiger partial charge in [0.2, 0.25) is 18.0 Å². The van der Waals surface area contributed by atoms with Gasteiger partial charge in [0.1, 0.15) is 5.82 Å². The van der Waals surface area contributed by atoms with Gasteiger partial charge in [0.15, 0.2) is 0 Å². The molecular weight excluding hydrogens is 606 g/mol. The van der Waals surface area contributed by atoms with Gasteiger partial charge in [0, 0.05) is 42.4 Å². The fourth-order valence-corrected chi connectivity index (χ4v) is 5.46. The van der Waals surface area contributed by atoms with Gasteiger partial charge in [0.05, 0.1) is 17.5 Å². The number of nitrogens with one attached hydrogen (secondary N) is 3. The molecule has 1 aliphatic rings. The zero-order valence-electron chi connectivity index (χ0n) is 24.1. The van der Waals surface area contributed by atoms with Crippen LogP contribution in [-0.4, -0.2) is 39.3 Å². The van der Waals surface area contributed by atoms with E-state index in [0.29, 0.717) is 21.5 Å². The van der Waals surface area contributed by atoms with Crippen LogP contribution in [0.4, 0.5) is 26.0 Å². The van der Waals surface area contributed by atoms with Crippen LogP contribution in [0.3, 0.4) is 0 Å². The molecule has 2 atom stereocenters. The van der Waals surface area contributed by atoms with Gasteiger partial charge in [-0.15, -0.1) is 11.3 Å². The van der Waals surface area contributed by atoms with Gasteiger partial charge in [-0.25, -0.2) is 13.6 Å². The number of thiophene rings is 1. The van der Waals surface area contributed by atoms with Gasteiger partial charge < -0.3 is 26.4 Å². The average molecular weight is 637 g/mol. The van der Waals surface area contributed by atoms with E-state index in [2.05, 4.69) is 20.9 Å². The Hall–Kier alpha value is -4.95. The Morgan fingerprint density at radius 3 is 2.49 bits per heavy atom. The number of halogens is 2. The third-order valence-corrected chi connectivity index (χ3v) is 7.94. The number of benzene rings is 2. The Balaban J connectivity index is 1.07. The second kappa shape index (κ2) is 13.4. The molecule has 1 saturated heterocycles. The molecule has 45 heavy (non-hydrogen) atoms. The molecule has 3 amide bonds. The fourth-order valence-electron chi connectivity index (χ4n) is 4.73. The minimum atomic E-state index is -3.23. The number of aromatic nitrogens is 2. The van der Waals surface area contributed by atoms with E-state index >= 15 is 0 Å². The Kier molecular flexibility index (Phi) is 9.34. The lowest BCUT2D eigenvalue weighted by Crippen LogP contribution is -2.35. The molecule has 0 saturated carbocycles. The summed E-state index contributed by atoms with van der Waals surface area (Å²) in [6.45, 7) is 1.66. The van der Waals surface area contributed by atoms with Crippen LogP contribution in [0.15, 0.2) is 77.0 Å². The summed E-state index contributed by atoms with van der Waals surface area (Å²) >= 11 is 1.58. The number of alkyl halides is 2. The molecule has 1 aliphatic heterocycles. The van der Waals surface area contributed by atoms with Gasteiger partial charge in [-0.3, -0.25) is 19.0 Å². The third-order valence-electron chi connectivity index (χ3n) is 7.02. The highest BCUT2D eigenvalue weighted by atomic mass is 32.1. The molecule has 0 aliphatic carbocycles. The number of hydrogen-bond donors (Lipinski definition) is 4. The van der Waals surface area contributed by atoms with Gasteiger partial charge >= 0.3 is 5.69 Å². The highest BCUT2D eigenvalue weighted by molar-refractivity contribution is 7.13. The molecule has 0 radical (unpaired) electrons. The van der Waals surface area contributed by atoms with Crippen molar-refractivity contribution in [3.05, 3.63) is 93.9 Å². The maximum atomic E-state index is 14.1. The molecule has 0 spiro atoms. The van der Waals surface area contributed by atoms with Crippen LogP contribution in [-0.2, 0) is 20.9 Å². The lowest BCUT2D eigenvalue weighted by molar-refractivity contribution is -0.124. The molecule has 2 aromatic carbocycles. The van der Waals surface area contributed by atoms with E-state index in [4.69, 9.17) is 10.5 Å². The monoisotopic (exact) mass is 636 g/mol. The quantitative estimate of drug-likeness (QED) is 0.182. The van der Waals surface area contributed by atoms with Gasteiger partial charge in [-0.1, -0.05) is 24.3 Å². The highest BCUT2D eigenvalue weighted by Crippen LogP contribution is 2.41. The summed E-state index contributed by atoms with van der Waals surface area (Å²) in [6, 6.07) is 17.3. The number of carbonyl (C=O) groups excluding carboxylic acids is 3. The van der Waals surface area contributed by atoms with Crippen molar-refractivity contribution in [3.8, 4) is 10.4 Å². The molecule has 234 valence electrons. The Labute approximate surface area is 260 Å². The number of amides is 3. The van der Waals surface area contributed by atoms with Crippen molar-refractivity contribution >= 4 is 46.3 Å². The van der Waals surface area contributed by atoms with Crippen LogP contribution in [0, 0.1) is 0 Å².